The summed E-state index contributed by atoms with van der Waals surface area (Å²) in [4.78, 5) is 12.3. The third kappa shape index (κ3) is 2.17. The zero-order valence-corrected chi connectivity index (χ0v) is 10.3. The summed E-state index contributed by atoms with van der Waals surface area (Å²) in [7, 11) is 0. The Bertz CT molecular complexity index is 457. The van der Waals surface area contributed by atoms with Crippen molar-refractivity contribution in [2.24, 2.45) is 11.8 Å². The molecule has 0 amide bonds. The molecule has 2 unspecified atom stereocenters. The van der Waals surface area contributed by atoms with E-state index in [2.05, 4.69) is 0 Å². The molecule has 1 aliphatic heterocycles. The molecular weight excluding hydrogens is 240 g/mol. The molecule has 18 heavy (non-hydrogen) atoms. The van der Waals surface area contributed by atoms with Crippen molar-refractivity contribution >= 4 is 11.7 Å². The van der Waals surface area contributed by atoms with Crippen LogP contribution in [0, 0.1) is 23.5 Å². The lowest BCUT2D eigenvalue weighted by molar-refractivity contribution is 0.0696. The second-order valence-electron chi connectivity index (χ2n) is 4.95. The molecule has 0 aliphatic carbocycles. The van der Waals surface area contributed by atoms with Gasteiger partial charge in [0.15, 0.2) is 0 Å². The molecule has 1 heterocycles. The van der Waals surface area contributed by atoms with Gasteiger partial charge >= 0.3 is 5.97 Å². The van der Waals surface area contributed by atoms with Crippen LogP contribution in [0.15, 0.2) is 12.1 Å². The van der Waals surface area contributed by atoms with Crippen LogP contribution in [0.5, 0.6) is 0 Å². The first-order valence-corrected chi connectivity index (χ1v) is 5.87. The second kappa shape index (κ2) is 4.55. The van der Waals surface area contributed by atoms with Crippen LogP contribution in [-0.4, -0.2) is 24.2 Å². The minimum absolute atomic E-state index is 0.115. The highest BCUT2D eigenvalue weighted by atomic mass is 19.1. The molecule has 1 N–H and O–H groups in total. The molecule has 0 saturated carbocycles. The Labute approximate surface area is 104 Å². The predicted octanol–water partition coefficient (Wildman–Crippen LogP) is 2.76. The Hall–Kier alpha value is -1.65. The van der Waals surface area contributed by atoms with Gasteiger partial charge in [-0.05, 0) is 24.0 Å². The fourth-order valence-corrected chi connectivity index (χ4v) is 2.30. The maximum atomic E-state index is 13.8. The van der Waals surface area contributed by atoms with Gasteiger partial charge in [0.1, 0.15) is 17.3 Å². The van der Waals surface area contributed by atoms with Gasteiger partial charge in [-0.15, -0.1) is 0 Å². The van der Waals surface area contributed by atoms with Gasteiger partial charge in [0.05, 0.1) is 5.56 Å². The summed E-state index contributed by atoms with van der Waals surface area (Å²) in [5.74, 6) is -2.23. The Kier molecular flexibility index (Phi) is 3.24. The first kappa shape index (κ1) is 12.8. The Morgan fingerprint density at radius 2 is 1.67 bits per heavy atom. The molecule has 1 aromatic carbocycles. The monoisotopic (exact) mass is 255 g/mol. The zero-order chi connectivity index (χ0) is 13.4. The van der Waals surface area contributed by atoms with E-state index < -0.39 is 17.6 Å². The van der Waals surface area contributed by atoms with E-state index in [-0.39, 0.29) is 11.3 Å². The molecule has 3 nitrogen and oxygen atoms in total. The lowest BCUT2D eigenvalue weighted by Crippen LogP contribution is -2.22. The minimum atomic E-state index is -1.33. The number of halogens is 2. The largest absolute Gasteiger partial charge is 0.478 e. The van der Waals surface area contributed by atoms with E-state index in [4.69, 9.17) is 5.11 Å². The smallest absolute Gasteiger partial charge is 0.335 e. The number of hydrogen-bond acceptors (Lipinski definition) is 2. The Morgan fingerprint density at radius 1 is 1.22 bits per heavy atom. The minimum Gasteiger partial charge on any atom is -0.478 e. The number of benzene rings is 1. The summed E-state index contributed by atoms with van der Waals surface area (Å²) in [5.41, 5.74) is -0.481. The van der Waals surface area contributed by atoms with Gasteiger partial charge in [-0.1, -0.05) is 13.8 Å². The average molecular weight is 255 g/mol. The second-order valence-corrected chi connectivity index (χ2v) is 4.95. The van der Waals surface area contributed by atoms with Gasteiger partial charge in [-0.3, -0.25) is 0 Å². The van der Waals surface area contributed by atoms with Crippen molar-refractivity contribution in [1.82, 2.24) is 0 Å². The maximum Gasteiger partial charge on any atom is 0.335 e. The summed E-state index contributed by atoms with van der Waals surface area (Å²) in [6, 6.07) is 1.74. The van der Waals surface area contributed by atoms with Crippen LogP contribution in [0.2, 0.25) is 0 Å². The fraction of sp³-hybridized carbons (Fsp3) is 0.462. The van der Waals surface area contributed by atoms with Crippen LogP contribution in [-0.2, 0) is 0 Å². The van der Waals surface area contributed by atoms with E-state index in [1.54, 1.807) is 4.90 Å². The van der Waals surface area contributed by atoms with Crippen molar-refractivity contribution in [2.75, 3.05) is 18.0 Å². The van der Waals surface area contributed by atoms with Crippen LogP contribution < -0.4 is 4.90 Å². The molecule has 0 radical (unpaired) electrons. The van der Waals surface area contributed by atoms with E-state index in [9.17, 15) is 13.6 Å². The van der Waals surface area contributed by atoms with Crippen LogP contribution in [0.25, 0.3) is 0 Å². The highest BCUT2D eigenvalue weighted by Crippen LogP contribution is 2.32. The Morgan fingerprint density at radius 3 is 2.06 bits per heavy atom. The molecule has 1 aromatic rings. The van der Waals surface area contributed by atoms with E-state index in [0.29, 0.717) is 24.9 Å². The molecular formula is C13H15F2NO2. The highest BCUT2D eigenvalue weighted by Gasteiger charge is 2.30. The Balaban J connectivity index is 2.38. The van der Waals surface area contributed by atoms with Crippen LogP contribution in [0.1, 0.15) is 24.2 Å². The maximum absolute atomic E-state index is 13.8. The molecule has 1 fully saturated rings. The number of aromatic carboxylic acids is 1. The summed E-state index contributed by atoms with van der Waals surface area (Å²) in [5, 5.41) is 8.73. The van der Waals surface area contributed by atoms with Crippen molar-refractivity contribution in [3.8, 4) is 0 Å². The van der Waals surface area contributed by atoms with Crippen LogP contribution in [0.3, 0.4) is 0 Å². The summed E-state index contributed by atoms with van der Waals surface area (Å²) >= 11 is 0. The number of carboxylic acid groups (broad SMARTS) is 1. The third-order valence-electron chi connectivity index (χ3n) is 3.57. The molecule has 98 valence electrons. The molecule has 0 aromatic heterocycles. The SMILES string of the molecule is CC1CN(c2c(F)cc(C(=O)O)cc2F)CC1C. The third-order valence-corrected chi connectivity index (χ3v) is 3.57. The normalized spacial score (nSPS) is 23.4. The van der Waals surface area contributed by atoms with Crippen molar-refractivity contribution in [1.29, 1.82) is 0 Å². The molecule has 1 aliphatic rings. The lowest BCUT2D eigenvalue weighted by Gasteiger charge is -2.20. The van der Waals surface area contributed by atoms with Crippen molar-refractivity contribution in [3.05, 3.63) is 29.3 Å². The topological polar surface area (TPSA) is 40.5 Å². The van der Waals surface area contributed by atoms with Crippen molar-refractivity contribution in [3.63, 3.8) is 0 Å². The van der Waals surface area contributed by atoms with Gasteiger partial charge in [0.2, 0.25) is 0 Å². The number of nitrogens with zero attached hydrogens (tertiary/aromatic N) is 1. The van der Waals surface area contributed by atoms with E-state index in [0.717, 1.165) is 12.1 Å². The van der Waals surface area contributed by atoms with Gasteiger partial charge in [0.25, 0.3) is 0 Å². The number of anilines is 1. The number of carboxylic acids is 1. The molecule has 2 atom stereocenters. The van der Waals surface area contributed by atoms with E-state index in [1.807, 2.05) is 13.8 Å². The molecule has 2 rings (SSSR count). The summed E-state index contributed by atoms with van der Waals surface area (Å²) in [6.07, 6.45) is 0. The molecule has 5 heteroatoms. The van der Waals surface area contributed by atoms with Crippen LogP contribution in [0.4, 0.5) is 14.5 Å². The quantitative estimate of drug-likeness (QED) is 0.883. The predicted molar refractivity (Wildman–Crippen MR) is 63.9 cm³/mol. The van der Waals surface area contributed by atoms with Crippen molar-refractivity contribution in [2.45, 2.75) is 13.8 Å². The molecule has 0 spiro atoms. The van der Waals surface area contributed by atoms with E-state index in [1.165, 1.54) is 0 Å². The summed E-state index contributed by atoms with van der Waals surface area (Å²) in [6.45, 7) is 5.24. The van der Waals surface area contributed by atoms with Crippen LogP contribution >= 0.6 is 0 Å². The number of hydrogen-bond donors (Lipinski definition) is 1. The number of carbonyl (C=O) groups is 1. The first-order chi connectivity index (χ1) is 8.40. The molecule has 1 saturated heterocycles. The van der Waals surface area contributed by atoms with E-state index >= 15 is 0 Å². The number of rotatable bonds is 2. The highest BCUT2D eigenvalue weighted by molar-refractivity contribution is 5.88. The zero-order valence-electron chi connectivity index (χ0n) is 10.3. The average Bonchev–Trinajstić information content (AvgIpc) is 2.57. The lowest BCUT2D eigenvalue weighted by atomic mass is 10.0. The van der Waals surface area contributed by atoms with Gasteiger partial charge < -0.3 is 10.0 Å². The standard InChI is InChI=1S/C13H15F2NO2/c1-7-5-16(6-8(7)2)12-10(14)3-9(13(17)18)4-11(12)15/h3-4,7-8H,5-6H2,1-2H3,(H,17,18). The molecule has 0 bridgehead atoms. The van der Waals surface area contributed by atoms with Crippen molar-refractivity contribution < 1.29 is 18.7 Å². The van der Waals surface area contributed by atoms with Gasteiger partial charge in [-0.25, -0.2) is 13.6 Å². The van der Waals surface area contributed by atoms with Gasteiger partial charge in [-0.2, -0.15) is 0 Å². The summed E-state index contributed by atoms with van der Waals surface area (Å²) < 4.78 is 27.7. The first-order valence-electron chi connectivity index (χ1n) is 5.87. The fourth-order valence-electron chi connectivity index (χ4n) is 2.30. The van der Waals surface area contributed by atoms with Gasteiger partial charge in [0, 0.05) is 13.1 Å².